The molecule has 0 aliphatic heterocycles. The number of hydrogen-bond donors (Lipinski definition) is 2. The SMILES string of the molecule is Cc1cc(CNS(=O)(=O)c2ccc(CN)c(Cl)c2)no1. The fraction of sp³-hybridized carbons (Fsp3) is 0.250. The molecule has 0 aliphatic rings. The smallest absolute Gasteiger partial charge is 0.240 e. The van der Waals surface area contributed by atoms with Crippen molar-refractivity contribution >= 4 is 21.6 Å². The van der Waals surface area contributed by atoms with Crippen LogP contribution in [0.15, 0.2) is 33.7 Å². The Morgan fingerprint density at radius 2 is 2.15 bits per heavy atom. The second-order valence-corrected chi connectivity index (χ2v) is 6.38. The van der Waals surface area contributed by atoms with Crippen LogP contribution in [0.4, 0.5) is 0 Å². The van der Waals surface area contributed by atoms with Crippen LogP contribution in [-0.4, -0.2) is 13.6 Å². The summed E-state index contributed by atoms with van der Waals surface area (Å²) in [7, 11) is -3.65. The molecule has 0 radical (unpaired) electrons. The van der Waals surface area contributed by atoms with Crippen LogP contribution in [0.3, 0.4) is 0 Å². The van der Waals surface area contributed by atoms with Gasteiger partial charge in [0.05, 0.1) is 17.1 Å². The van der Waals surface area contributed by atoms with Crippen LogP contribution in [0.1, 0.15) is 17.0 Å². The second-order valence-electron chi connectivity index (χ2n) is 4.21. The van der Waals surface area contributed by atoms with Crippen molar-refractivity contribution in [3.63, 3.8) is 0 Å². The average Bonchev–Trinajstić information content (AvgIpc) is 2.82. The zero-order valence-electron chi connectivity index (χ0n) is 10.8. The van der Waals surface area contributed by atoms with Gasteiger partial charge in [-0.3, -0.25) is 0 Å². The first-order valence-electron chi connectivity index (χ1n) is 5.83. The Morgan fingerprint density at radius 1 is 1.40 bits per heavy atom. The lowest BCUT2D eigenvalue weighted by Gasteiger charge is -2.07. The maximum atomic E-state index is 12.1. The average molecular weight is 316 g/mol. The van der Waals surface area contributed by atoms with Gasteiger partial charge in [0.15, 0.2) is 0 Å². The summed E-state index contributed by atoms with van der Waals surface area (Å²) in [4.78, 5) is 0.0833. The normalized spacial score (nSPS) is 11.8. The lowest BCUT2D eigenvalue weighted by molar-refractivity contribution is 0.390. The van der Waals surface area contributed by atoms with Gasteiger partial charge in [-0.05, 0) is 24.6 Å². The number of benzene rings is 1. The van der Waals surface area contributed by atoms with E-state index in [2.05, 4.69) is 9.88 Å². The van der Waals surface area contributed by atoms with Gasteiger partial charge in [-0.2, -0.15) is 0 Å². The van der Waals surface area contributed by atoms with Gasteiger partial charge >= 0.3 is 0 Å². The maximum Gasteiger partial charge on any atom is 0.240 e. The third kappa shape index (κ3) is 3.37. The van der Waals surface area contributed by atoms with E-state index in [9.17, 15) is 8.42 Å². The summed E-state index contributed by atoms with van der Waals surface area (Å²) in [6.07, 6.45) is 0. The van der Waals surface area contributed by atoms with E-state index in [0.717, 1.165) is 0 Å². The van der Waals surface area contributed by atoms with Crippen molar-refractivity contribution in [3.05, 3.63) is 46.3 Å². The molecular formula is C12H14ClN3O3S. The molecule has 1 aromatic carbocycles. The highest BCUT2D eigenvalue weighted by Crippen LogP contribution is 2.20. The van der Waals surface area contributed by atoms with E-state index in [1.807, 2.05) is 0 Å². The van der Waals surface area contributed by atoms with Gasteiger partial charge in [-0.15, -0.1) is 0 Å². The second kappa shape index (κ2) is 5.92. The van der Waals surface area contributed by atoms with Gasteiger partial charge in [-0.1, -0.05) is 22.8 Å². The minimum absolute atomic E-state index is 0.0515. The molecule has 0 saturated carbocycles. The van der Waals surface area contributed by atoms with Crippen molar-refractivity contribution in [2.45, 2.75) is 24.9 Å². The Balaban J connectivity index is 2.15. The maximum absolute atomic E-state index is 12.1. The molecule has 1 aromatic heterocycles. The third-order valence-electron chi connectivity index (χ3n) is 2.67. The Hall–Kier alpha value is -1.41. The first kappa shape index (κ1) is 15.0. The molecule has 6 nitrogen and oxygen atoms in total. The molecule has 3 N–H and O–H groups in total. The van der Waals surface area contributed by atoms with Crippen LogP contribution < -0.4 is 10.5 Å². The van der Waals surface area contributed by atoms with Crippen molar-refractivity contribution in [3.8, 4) is 0 Å². The number of nitrogens with zero attached hydrogens (tertiary/aromatic N) is 1. The zero-order chi connectivity index (χ0) is 14.8. The summed E-state index contributed by atoms with van der Waals surface area (Å²) in [5, 5.41) is 4.04. The van der Waals surface area contributed by atoms with E-state index >= 15 is 0 Å². The third-order valence-corrected chi connectivity index (χ3v) is 4.43. The summed E-state index contributed by atoms with van der Waals surface area (Å²) in [6.45, 7) is 2.04. The quantitative estimate of drug-likeness (QED) is 0.872. The molecule has 8 heteroatoms. The number of nitrogens with two attached hydrogens (primary N) is 1. The summed E-state index contributed by atoms with van der Waals surface area (Å²) < 4.78 is 31.5. The van der Waals surface area contributed by atoms with E-state index in [-0.39, 0.29) is 18.0 Å². The number of hydrogen-bond acceptors (Lipinski definition) is 5. The van der Waals surface area contributed by atoms with Gasteiger partial charge in [0, 0.05) is 17.6 Å². The van der Waals surface area contributed by atoms with Gasteiger partial charge in [0.25, 0.3) is 0 Å². The minimum atomic E-state index is -3.65. The summed E-state index contributed by atoms with van der Waals surface area (Å²) >= 11 is 5.96. The van der Waals surface area contributed by atoms with Crippen LogP contribution in [0.2, 0.25) is 5.02 Å². The molecule has 2 aromatic rings. The number of sulfonamides is 1. The van der Waals surface area contributed by atoms with Gasteiger partial charge in [0.1, 0.15) is 5.76 Å². The highest BCUT2D eigenvalue weighted by Gasteiger charge is 2.16. The monoisotopic (exact) mass is 315 g/mol. The lowest BCUT2D eigenvalue weighted by atomic mass is 10.2. The van der Waals surface area contributed by atoms with E-state index in [1.54, 1.807) is 19.1 Å². The molecule has 1 heterocycles. The molecule has 0 bridgehead atoms. The predicted molar refractivity (Wildman–Crippen MR) is 74.6 cm³/mol. The number of halogens is 1. The minimum Gasteiger partial charge on any atom is -0.361 e. The molecule has 0 atom stereocenters. The first-order valence-corrected chi connectivity index (χ1v) is 7.69. The van der Waals surface area contributed by atoms with Crippen LogP contribution in [0.5, 0.6) is 0 Å². The fourth-order valence-corrected chi connectivity index (χ4v) is 2.96. The van der Waals surface area contributed by atoms with Crippen molar-refractivity contribution in [2.75, 3.05) is 0 Å². The Bertz CT molecular complexity index is 712. The predicted octanol–water partition coefficient (Wildman–Crippen LogP) is 1.57. The highest BCUT2D eigenvalue weighted by molar-refractivity contribution is 7.89. The van der Waals surface area contributed by atoms with Crippen molar-refractivity contribution in [1.29, 1.82) is 0 Å². The van der Waals surface area contributed by atoms with Crippen molar-refractivity contribution in [1.82, 2.24) is 9.88 Å². The van der Waals surface area contributed by atoms with Crippen LogP contribution >= 0.6 is 11.6 Å². The fourth-order valence-electron chi connectivity index (χ4n) is 1.61. The first-order chi connectivity index (χ1) is 9.42. The molecular weight excluding hydrogens is 302 g/mol. The molecule has 0 amide bonds. The molecule has 0 fully saturated rings. The Morgan fingerprint density at radius 3 is 2.70 bits per heavy atom. The topological polar surface area (TPSA) is 98.2 Å². The summed E-state index contributed by atoms with van der Waals surface area (Å²) in [5.74, 6) is 0.620. The van der Waals surface area contributed by atoms with Gasteiger partial charge in [0.2, 0.25) is 10.0 Å². The number of aromatic nitrogens is 1. The Labute approximate surface area is 122 Å². The zero-order valence-corrected chi connectivity index (χ0v) is 12.3. The van der Waals surface area contributed by atoms with Crippen LogP contribution in [0, 0.1) is 6.92 Å². The summed E-state index contributed by atoms with van der Waals surface area (Å²) in [5.41, 5.74) is 6.68. The van der Waals surface area contributed by atoms with E-state index in [4.69, 9.17) is 21.9 Å². The standard InChI is InChI=1S/C12H14ClN3O3S/c1-8-4-10(16-19-8)7-15-20(17,18)11-3-2-9(6-14)12(13)5-11/h2-5,15H,6-7,14H2,1H3. The van der Waals surface area contributed by atoms with Crippen molar-refractivity contribution < 1.29 is 12.9 Å². The van der Waals surface area contributed by atoms with E-state index in [0.29, 0.717) is 22.0 Å². The number of aryl methyl sites for hydroxylation is 1. The molecule has 0 unspecified atom stereocenters. The van der Waals surface area contributed by atoms with Gasteiger partial charge < -0.3 is 10.3 Å². The molecule has 2 rings (SSSR count). The summed E-state index contributed by atoms with van der Waals surface area (Å²) in [6, 6.07) is 6.09. The van der Waals surface area contributed by atoms with Crippen LogP contribution in [-0.2, 0) is 23.1 Å². The Kier molecular flexibility index (Phi) is 4.44. The molecule has 0 spiro atoms. The van der Waals surface area contributed by atoms with Crippen LogP contribution in [0.25, 0.3) is 0 Å². The van der Waals surface area contributed by atoms with Crippen molar-refractivity contribution in [2.24, 2.45) is 5.73 Å². The largest absolute Gasteiger partial charge is 0.361 e. The van der Waals surface area contributed by atoms with E-state index in [1.165, 1.54) is 12.1 Å². The lowest BCUT2D eigenvalue weighted by Crippen LogP contribution is -2.23. The molecule has 20 heavy (non-hydrogen) atoms. The number of nitrogens with one attached hydrogen (secondary N) is 1. The molecule has 0 saturated heterocycles. The molecule has 0 aliphatic carbocycles. The molecule has 108 valence electrons. The van der Waals surface area contributed by atoms with E-state index < -0.39 is 10.0 Å². The van der Waals surface area contributed by atoms with Gasteiger partial charge in [-0.25, -0.2) is 13.1 Å². The number of rotatable bonds is 5. The highest BCUT2D eigenvalue weighted by atomic mass is 35.5.